The van der Waals surface area contributed by atoms with Crippen LogP contribution in [0.2, 0.25) is 0 Å². The largest absolute Gasteiger partial charge is 0.347 e. The van der Waals surface area contributed by atoms with Crippen LogP contribution in [0.25, 0.3) is 0 Å². The summed E-state index contributed by atoms with van der Waals surface area (Å²) in [4.78, 5) is 22.9. The molecule has 0 aromatic heterocycles. The van der Waals surface area contributed by atoms with Gasteiger partial charge in [0.2, 0.25) is 5.91 Å². The van der Waals surface area contributed by atoms with Crippen molar-refractivity contribution < 1.29 is 9.59 Å². The number of carbonyl (C=O) groups excluding carboxylic acids is 2. The third-order valence-electron chi connectivity index (χ3n) is 3.05. The van der Waals surface area contributed by atoms with Gasteiger partial charge in [0.25, 0.3) is 5.91 Å². The van der Waals surface area contributed by atoms with Crippen LogP contribution in [-0.2, 0) is 4.79 Å². The zero-order valence-corrected chi connectivity index (χ0v) is 15.3. The molecule has 5 heteroatoms. The van der Waals surface area contributed by atoms with Gasteiger partial charge < -0.3 is 16.4 Å². The van der Waals surface area contributed by atoms with Crippen molar-refractivity contribution in [2.24, 2.45) is 5.73 Å². The van der Waals surface area contributed by atoms with Gasteiger partial charge in [0.15, 0.2) is 0 Å². The molecule has 2 aromatic rings. The number of anilines is 1. The van der Waals surface area contributed by atoms with E-state index in [0.29, 0.717) is 11.3 Å². The number of amides is 2. The third-order valence-corrected chi connectivity index (χ3v) is 3.05. The number of nitrogens with two attached hydrogens (primary N) is 1. The molecule has 25 heavy (non-hydrogen) atoms. The molecule has 0 aliphatic rings. The fraction of sp³-hybridized carbons (Fsp3) is 0.300. The van der Waals surface area contributed by atoms with Gasteiger partial charge in [-0.3, -0.25) is 9.59 Å². The Morgan fingerprint density at radius 1 is 0.960 bits per heavy atom. The Labute approximate surface area is 149 Å². The number of carbonyl (C=O) groups is 2. The van der Waals surface area contributed by atoms with Crippen LogP contribution in [0.1, 0.15) is 36.7 Å². The molecule has 0 unspecified atom stereocenters. The van der Waals surface area contributed by atoms with Gasteiger partial charge in [-0.15, -0.1) is 0 Å². The second-order valence-corrected chi connectivity index (χ2v) is 6.69. The van der Waals surface area contributed by atoms with Crippen LogP contribution in [0.3, 0.4) is 0 Å². The first-order valence-corrected chi connectivity index (χ1v) is 8.15. The fourth-order valence-electron chi connectivity index (χ4n) is 1.86. The van der Waals surface area contributed by atoms with E-state index in [2.05, 4.69) is 29.7 Å². The molecule has 4 N–H and O–H groups in total. The van der Waals surface area contributed by atoms with E-state index >= 15 is 0 Å². The number of aryl methyl sites for hydroxylation is 1. The van der Waals surface area contributed by atoms with Gasteiger partial charge >= 0.3 is 0 Å². The Balaban J connectivity index is 0.000000370. The molecule has 5 nitrogen and oxygen atoms in total. The highest BCUT2D eigenvalue weighted by molar-refractivity contribution is 5.96. The predicted octanol–water partition coefficient (Wildman–Crippen LogP) is 3.11. The highest BCUT2D eigenvalue weighted by Crippen LogP contribution is 2.10. The van der Waals surface area contributed by atoms with Crippen LogP contribution in [-0.4, -0.2) is 23.9 Å². The number of nitrogens with one attached hydrogen (secondary N) is 2. The summed E-state index contributed by atoms with van der Waals surface area (Å²) >= 11 is 0. The molecule has 0 fully saturated rings. The van der Waals surface area contributed by atoms with Crippen molar-refractivity contribution >= 4 is 17.5 Å². The van der Waals surface area contributed by atoms with Crippen molar-refractivity contribution in [2.45, 2.75) is 33.2 Å². The summed E-state index contributed by atoms with van der Waals surface area (Å²) in [5.41, 5.74) is 7.41. The molecular formula is C20H27N3O2. The number of hydrogen-bond donors (Lipinski definition) is 3. The normalized spacial score (nSPS) is 10.3. The molecule has 2 aromatic carbocycles. The standard InChI is InChI=1S/C13H19N3O2.C7H8/c1-13(2,3)16-12(18)9-4-6-10(7-5-9)15-11(17)8-14;1-7-5-3-2-4-6-7/h4-7H,8,14H2,1-3H3,(H,15,17)(H,16,18);2-6H,1H3. The quantitative estimate of drug-likeness (QED) is 0.802. The smallest absolute Gasteiger partial charge is 0.251 e. The minimum absolute atomic E-state index is 0.0632. The molecule has 0 bridgehead atoms. The Bertz CT molecular complexity index is 674. The molecule has 0 aliphatic carbocycles. The van der Waals surface area contributed by atoms with E-state index in [1.54, 1.807) is 24.3 Å². The maximum absolute atomic E-state index is 11.8. The van der Waals surface area contributed by atoms with Gasteiger partial charge in [-0.25, -0.2) is 0 Å². The van der Waals surface area contributed by atoms with Crippen molar-refractivity contribution in [2.75, 3.05) is 11.9 Å². The molecule has 0 saturated heterocycles. The number of rotatable bonds is 3. The molecule has 0 radical (unpaired) electrons. The third kappa shape index (κ3) is 8.67. The first kappa shape index (κ1) is 20.4. The summed E-state index contributed by atoms with van der Waals surface area (Å²) in [6, 6.07) is 16.9. The van der Waals surface area contributed by atoms with Crippen molar-refractivity contribution in [3.8, 4) is 0 Å². The summed E-state index contributed by atoms with van der Waals surface area (Å²) in [7, 11) is 0. The molecule has 0 heterocycles. The van der Waals surface area contributed by atoms with E-state index in [1.807, 2.05) is 39.0 Å². The highest BCUT2D eigenvalue weighted by Gasteiger charge is 2.14. The van der Waals surface area contributed by atoms with Crippen LogP contribution < -0.4 is 16.4 Å². The molecule has 2 rings (SSSR count). The minimum Gasteiger partial charge on any atom is -0.347 e. The van der Waals surface area contributed by atoms with E-state index in [4.69, 9.17) is 5.73 Å². The fourth-order valence-corrected chi connectivity index (χ4v) is 1.86. The Hall–Kier alpha value is -2.66. The van der Waals surface area contributed by atoms with Crippen molar-refractivity contribution in [3.63, 3.8) is 0 Å². The highest BCUT2D eigenvalue weighted by atomic mass is 16.2. The molecule has 134 valence electrons. The van der Waals surface area contributed by atoms with E-state index in [0.717, 1.165) is 0 Å². The van der Waals surface area contributed by atoms with Gasteiger partial charge in [-0.1, -0.05) is 35.9 Å². The van der Waals surface area contributed by atoms with Crippen LogP contribution in [0, 0.1) is 6.92 Å². The van der Waals surface area contributed by atoms with E-state index in [1.165, 1.54) is 5.56 Å². The van der Waals surface area contributed by atoms with E-state index < -0.39 is 0 Å². The lowest BCUT2D eigenvalue weighted by atomic mass is 10.1. The molecule has 0 spiro atoms. The summed E-state index contributed by atoms with van der Waals surface area (Å²) < 4.78 is 0. The Kier molecular flexibility index (Phi) is 7.82. The second kappa shape index (κ2) is 9.59. The first-order valence-electron chi connectivity index (χ1n) is 8.15. The minimum atomic E-state index is -0.274. The SMILES string of the molecule is CC(C)(C)NC(=O)c1ccc(NC(=O)CN)cc1.Cc1ccccc1. The van der Waals surface area contributed by atoms with Crippen LogP contribution in [0.4, 0.5) is 5.69 Å². The number of hydrogen-bond acceptors (Lipinski definition) is 3. The Morgan fingerprint density at radius 3 is 1.92 bits per heavy atom. The summed E-state index contributed by atoms with van der Waals surface area (Å²) in [5, 5.41) is 5.47. The van der Waals surface area contributed by atoms with Gasteiger partial charge in [-0.2, -0.15) is 0 Å². The molecule has 2 amide bonds. The number of benzene rings is 2. The summed E-state index contributed by atoms with van der Waals surface area (Å²) in [6.45, 7) is 7.77. The monoisotopic (exact) mass is 341 g/mol. The molecule has 0 atom stereocenters. The van der Waals surface area contributed by atoms with Gasteiger partial charge in [0, 0.05) is 16.8 Å². The average molecular weight is 341 g/mol. The van der Waals surface area contributed by atoms with Gasteiger partial charge in [-0.05, 0) is 52.0 Å². The average Bonchev–Trinajstić information content (AvgIpc) is 2.55. The maximum atomic E-state index is 11.8. The maximum Gasteiger partial charge on any atom is 0.251 e. The van der Waals surface area contributed by atoms with Crippen LogP contribution >= 0.6 is 0 Å². The Morgan fingerprint density at radius 2 is 1.52 bits per heavy atom. The van der Waals surface area contributed by atoms with Crippen molar-refractivity contribution in [1.82, 2.24) is 5.32 Å². The van der Waals surface area contributed by atoms with Crippen molar-refractivity contribution in [3.05, 3.63) is 65.7 Å². The zero-order chi connectivity index (χ0) is 18.9. The predicted molar refractivity (Wildman–Crippen MR) is 103 cm³/mol. The lowest BCUT2D eigenvalue weighted by molar-refractivity contribution is -0.114. The van der Waals surface area contributed by atoms with Gasteiger partial charge in [0.05, 0.1) is 6.54 Å². The summed E-state index contributed by atoms with van der Waals surface area (Å²) in [6.07, 6.45) is 0. The van der Waals surface area contributed by atoms with E-state index in [9.17, 15) is 9.59 Å². The summed E-state index contributed by atoms with van der Waals surface area (Å²) in [5.74, 6) is -0.402. The topological polar surface area (TPSA) is 84.2 Å². The van der Waals surface area contributed by atoms with Crippen molar-refractivity contribution in [1.29, 1.82) is 0 Å². The van der Waals surface area contributed by atoms with Crippen LogP contribution in [0.5, 0.6) is 0 Å². The lowest BCUT2D eigenvalue weighted by Crippen LogP contribution is -2.40. The van der Waals surface area contributed by atoms with Crippen LogP contribution in [0.15, 0.2) is 54.6 Å². The van der Waals surface area contributed by atoms with E-state index in [-0.39, 0.29) is 23.9 Å². The second-order valence-electron chi connectivity index (χ2n) is 6.69. The zero-order valence-electron chi connectivity index (χ0n) is 15.3. The first-order chi connectivity index (χ1) is 11.7. The molecule has 0 saturated carbocycles. The van der Waals surface area contributed by atoms with Gasteiger partial charge in [0.1, 0.15) is 0 Å². The molecule has 0 aliphatic heterocycles. The lowest BCUT2D eigenvalue weighted by Gasteiger charge is -2.20. The molecular weight excluding hydrogens is 314 g/mol.